The van der Waals surface area contributed by atoms with Crippen LogP contribution in [0.1, 0.15) is 19.4 Å². The van der Waals surface area contributed by atoms with Crippen LogP contribution in [0.2, 0.25) is 0 Å². The molecule has 0 unspecified atom stereocenters. The molecule has 2 rings (SSSR count). The molecule has 2 aromatic rings. The van der Waals surface area contributed by atoms with E-state index in [4.69, 9.17) is 4.74 Å². The zero-order valence-corrected chi connectivity index (χ0v) is 13.4. The van der Waals surface area contributed by atoms with Crippen LogP contribution < -0.4 is 10.1 Å². The zero-order valence-electron chi connectivity index (χ0n) is 13.4. The van der Waals surface area contributed by atoms with Gasteiger partial charge in [-0.25, -0.2) is 0 Å². The van der Waals surface area contributed by atoms with Gasteiger partial charge in [0.15, 0.2) is 0 Å². The first-order valence-electron chi connectivity index (χ1n) is 7.44. The normalized spacial score (nSPS) is 10.8. The number of nitro groups is 1. The summed E-state index contributed by atoms with van der Waals surface area (Å²) in [5.41, 5.74) is 1.18. The summed E-state index contributed by atoms with van der Waals surface area (Å²) in [4.78, 5) is 22.2. The molecule has 0 saturated carbocycles. The quantitative estimate of drug-likeness (QED) is 0.493. The lowest BCUT2D eigenvalue weighted by atomic mass is 10.2. The minimum atomic E-state index is -0.475. The molecule has 0 saturated heterocycles. The summed E-state index contributed by atoms with van der Waals surface area (Å²) in [7, 11) is 0. The zero-order chi connectivity index (χ0) is 17.5. The maximum atomic E-state index is 12.0. The molecule has 2 aromatic carbocycles. The lowest BCUT2D eigenvalue weighted by molar-refractivity contribution is -0.384. The van der Waals surface area contributed by atoms with E-state index >= 15 is 0 Å². The fraction of sp³-hybridized carbons (Fsp3) is 0.167. The number of nitrogens with one attached hydrogen (secondary N) is 1. The van der Waals surface area contributed by atoms with Crippen molar-refractivity contribution < 1.29 is 14.5 Å². The Morgan fingerprint density at radius 3 is 2.67 bits per heavy atom. The molecule has 0 heterocycles. The second-order valence-electron chi connectivity index (χ2n) is 5.37. The fourth-order valence-corrected chi connectivity index (χ4v) is 2.02. The molecule has 0 fully saturated rings. The first kappa shape index (κ1) is 17.2. The van der Waals surface area contributed by atoms with E-state index in [0.29, 0.717) is 17.0 Å². The van der Waals surface area contributed by atoms with Gasteiger partial charge in [0.05, 0.1) is 11.0 Å². The summed E-state index contributed by atoms with van der Waals surface area (Å²) in [6, 6.07) is 13.2. The van der Waals surface area contributed by atoms with Gasteiger partial charge in [0.25, 0.3) is 5.69 Å². The average Bonchev–Trinajstić information content (AvgIpc) is 2.53. The summed E-state index contributed by atoms with van der Waals surface area (Å²) >= 11 is 0. The van der Waals surface area contributed by atoms with Gasteiger partial charge >= 0.3 is 0 Å². The molecule has 0 aromatic heterocycles. The van der Waals surface area contributed by atoms with Crippen molar-refractivity contribution in [1.82, 2.24) is 0 Å². The lowest BCUT2D eigenvalue weighted by Gasteiger charge is -2.10. The highest BCUT2D eigenvalue weighted by Crippen LogP contribution is 2.19. The van der Waals surface area contributed by atoms with Gasteiger partial charge in [0.1, 0.15) is 5.75 Å². The van der Waals surface area contributed by atoms with Crippen molar-refractivity contribution in [3.8, 4) is 5.75 Å². The molecule has 6 nitrogen and oxygen atoms in total. The summed E-state index contributed by atoms with van der Waals surface area (Å²) < 4.78 is 5.57. The van der Waals surface area contributed by atoms with E-state index in [-0.39, 0.29) is 17.7 Å². The van der Waals surface area contributed by atoms with Crippen LogP contribution >= 0.6 is 0 Å². The molecule has 0 spiro atoms. The number of benzene rings is 2. The van der Waals surface area contributed by atoms with Crippen LogP contribution in [-0.4, -0.2) is 16.9 Å². The number of non-ortho nitro benzene ring substituents is 1. The van der Waals surface area contributed by atoms with E-state index in [1.807, 2.05) is 19.9 Å². The van der Waals surface area contributed by atoms with Crippen LogP contribution in [0, 0.1) is 10.1 Å². The highest BCUT2D eigenvalue weighted by atomic mass is 16.6. The Hall–Kier alpha value is -3.15. The van der Waals surface area contributed by atoms with Gasteiger partial charge in [0.2, 0.25) is 5.91 Å². The number of hydrogen-bond donors (Lipinski definition) is 1. The first-order chi connectivity index (χ1) is 11.4. The molecule has 1 amide bonds. The Bertz CT molecular complexity index is 769. The van der Waals surface area contributed by atoms with Gasteiger partial charge < -0.3 is 10.1 Å². The van der Waals surface area contributed by atoms with E-state index in [2.05, 4.69) is 5.32 Å². The molecule has 6 heteroatoms. The third-order valence-corrected chi connectivity index (χ3v) is 2.98. The van der Waals surface area contributed by atoms with Crippen molar-refractivity contribution in [1.29, 1.82) is 0 Å². The first-order valence-corrected chi connectivity index (χ1v) is 7.44. The number of rotatable bonds is 6. The average molecular weight is 326 g/mol. The van der Waals surface area contributed by atoms with Crippen LogP contribution in [0.3, 0.4) is 0 Å². The maximum Gasteiger partial charge on any atom is 0.270 e. The lowest BCUT2D eigenvalue weighted by Crippen LogP contribution is -2.09. The standard InChI is InChI=1S/C18H18N2O4/c1-13(2)24-17-8-4-6-15(12-17)19-18(21)10-9-14-5-3-7-16(11-14)20(22)23/h3-13H,1-2H3,(H,19,21)/b10-9+. The second kappa shape index (κ2) is 7.92. The van der Waals surface area contributed by atoms with Gasteiger partial charge in [-0.15, -0.1) is 0 Å². The van der Waals surface area contributed by atoms with E-state index in [1.165, 1.54) is 24.3 Å². The van der Waals surface area contributed by atoms with Crippen LogP contribution in [0.5, 0.6) is 5.75 Å². The molecule has 0 aliphatic rings. The molecule has 0 radical (unpaired) electrons. The van der Waals surface area contributed by atoms with Crippen LogP contribution in [0.25, 0.3) is 6.08 Å². The minimum Gasteiger partial charge on any atom is -0.491 e. The molecule has 0 aliphatic heterocycles. The largest absolute Gasteiger partial charge is 0.491 e. The van der Waals surface area contributed by atoms with Gasteiger partial charge in [-0.2, -0.15) is 0 Å². The van der Waals surface area contributed by atoms with E-state index in [0.717, 1.165) is 0 Å². The predicted molar refractivity (Wildman–Crippen MR) is 93.0 cm³/mol. The van der Waals surface area contributed by atoms with Gasteiger partial charge in [0, 0.05) is 30.0 Å². The number of anilines is 1. The number of hydrogen-bond acceptors (Lipinski definition) is 4. The molecule has 24 heavy (non-hydrogen) atoms. The van der Waals surface area contributed by atoms with Crippen molar-refractivity contribution >= 4 is 23.4 Å². The fourth-order valence-electron chi connectivity index (χ4n) is 2.02. The highest BCUT2D eigenvalue weighted by molar-refractivity contribution is 6.02. The van der Waals surface area contributed by atoms with Crippen LogP contribution in [-0.2, 0) is 4.79 Å². The topological polar surface area (TPSA) is 81.5 Å². The number of amides is 1. The summed E-state index contributed by atoms with van der Waals surface area (Å²) in [5.74, 6) is 0.341. The number of ether oxygens (including phenoxy) is 1. The van der Waals surface area contributed by atoms with Crippen molar-refractivity contribution in [3.05, 3.63) is 70.3 Å². The van der Waals surface area contributed by atoms with Crippen molar-refractivity contribution in [3.63, 3.8) is 0 Å². The van der Waals surface area contributed by atoms with Crippen molar-refractivity contribution in [2.24, 2.45) is 0 Å². The minimum absolute atomic E-state index is 0.0175. The second-order valence-corrected chi connectivity index (χ2v) is 5.37. The van der Waals surface area contributed by atoms with Crippen LogP contribution in [0.15, 0.2) is 54.6 Å². The van der Waals surface area contributed by atoms with Gasteiger partial charge in [-0.1, -0.05) is 18.2 Å². The van der Waals surface area contributed by atoms with Crippen molar-refractivity contribution in [2.75, 3.05) is 5.32 Å². The predicted octanol–water partition coefficient (Wildman–Crippen LogP) is 4.03. The highest BCUT2D eigenvalue weighted by Gasteiger charge is 2.05. The molecular formula is C18H18N2O4. The number of carbonyl (C=O) groups excluding carboxylic acids is 1. The number of nitrogens with zero attached hydrogens (tertiary/aromatic N) is 1. The molecular weight excluding hydrogens is 308 g/mol. The SMILES string of the molecule is CC(C)Oc1cccc(NC(=O)/C=C/c2cccc([N+](=O)[O-])c2)c1. The van der Waals surface area contributed by atoms with E-state index < -0.39 is 4.92 Å². The summed E-state index contributed by atoms with van der Waals surface area (Å²) in [6.45, 7) is 3.85. The maximum absolute atomic E-state index is 12.0. The molecule has 1 N–H and O–H groups in total. The monoisotopic (exact) mass is 326 g/mol. The number of carbonyl (C=O) groups is 1. The summed E-state index contributed by atoms with van der Waals surface area (Å²) in [6.07, 6.45) is 2.90. The van der Waals surface area contributed by atoms with Crippen molar-refractivity contribution in [2.45, 2.75) is 20.0 Å². The third kappa shape index (κ3) is 5.24. The van der Waals surface area contributed by atoms with E-state index in [9.17, 15) is 14.9 Å². The Kier molecular flexibility index (Phi) is 5.68. The van der Waals surface area contributed by atoms with Gasteiger partial charge in [-0.3, -0.25) is 14.9 Å². The van der Waals surface area contributed by atoms with E-state index in [1.54, 1.807) is 30.3 Å². The Balaban J connectivity index is 2.02. The molecule has 124 valence electrons. The third-order valence-electron chi connectivity index (χ3n) is 2.98. The molecule has 0 atom stereocenters. The Labute approximate surface area is 139 Å². The van der Waals surface area contributed by atoms with Crippen LogP contribution in [0.4, 0.5) is 11.4 Å². The number of nitro benzene ring substituents is 1. The summed E-state index contributed by atoms with van der Waals surface area (Å²) in [5, 5.41) is 13.5. The Morgan fingerprint density at radius 2 is 1.96 bits per heavy atom. The van der Waals surface area contributed by atoms with Gasteiger partial charge in [-0.05, 0) is 37.6 Å². The Morgan fingerprint density at radius 1 is 1.21 bits per heavy atom. The molecule has 0 bridgehead atoms. The molecule has 0 aliphatic carbocycles. The smallest absolute Gasteiger partial charge is 0.270 e.